The van der Waals surface area contributed by atoms with Crippen LogP contribution in [0.5, 0.6) is 0 Å². The molecule has 28 heavy (non-hydrogen) atoms. The fourth-order valence-corrected chi connectivity index (χ4v) is 2.99. The maximum absolute atomic E-state index is 12.6. The molecular formula is C18H14Cl2N4O4. The highest BCUT2D eigenvalue weighted by Gasteiger charge is 2.15. The van der Waals surface area contributed by atoms with Gasteiger partial charge in [-0.1, -0.05) is 29.3 Å². The third-order valence-electron chi connectivity index (χ3n) is 4.15. The number of nitro groups is 1. The number of nitrogens with one attached hydrogen (secondary N) is 1. The van der Waals surface area contributed by atoms with Gasteiger partial charge in [0.1, 0.15) is 6.54 Å². The van der Waals surface area contributed by atoms with Gasteiger partial charge in [0, 0.05) is 12.1 Å². The fourth-order valence-electron chi connectivity index (χ4n) is 2.68. The van der Waals surface area contributed by atoms with E-state index in [4.69, 9.17) is 23.2 Å². The average Bonchev–Trinajstić information content (AvgIpc) is 2.65. The van der Waals surface area contributed by atoms with Gasteiger partial charge in [-0.3, -0.25) is 24.3 Å². The van der Waals surface area contributed by atoms with Crippen LogP contribution in [0.2, 0.25) is 10.0 Å². The predicted molar refractivity (Wildman–Crippen MR) is 106 cm³/mol. The summed E-state index contributed by atoms with van der Waals surface area (Å²) in [6.45, 7) is 1.48. The third kappa shape index (κ3) is 4.13. The number of nitrogens with zero attached hydrogens (tertiary/aromatic N) is 3. The van der Waals surface area contributed by atoms with E-state index in [0.717, 1.165) is 16.2 Å². The SMILES string of the molecule is CC(NC(=O)Cn1cnc2ccc([N+](=O)[O-])cc2c1=O)c1ccc(Cl)c(Cl)c1. The van der Waals surface area contributed by atoms with Gasteiger partial charge in [0.2, 0.25) is 5.91 Å². The smallest absolute Gasteiger partial charge is 0.270 e. The van der Waals surface area contributed by atoms with E-state index in [1.54, 1.807) is 25.1 Å². The van der Waals surface area contributed by atoms with E-state index in [9.17, 15) is 19.7 Å². The van der Waals surface area contributed by atoms with Gasteiger partial charge < -0.3 is 5.32 Å². The van der Waals surface area contributed by atoms with Gasteiger partial charge in [-0.15, -0.1) is 0 Å². The quantitative estimate of drug-likeness (QED) is 0.501. The van der Waals surface area contributed by atoms with Crippen molar-refractivity contribution in [1.82, 2.24) is 14.9 Å². The summed E-state index contributed by atoms with van der Waals surface area (Å²) in [5.74, 6) is -0.424. The van der Waals surface area contributed by atoms with Gasteiger partial charge in [-0.25, -0.2) is 4.98 Å². The average molecular weight is 421 g/mol. The molecule has 0 aliphatic heterocycles. The minimum Gasteiger partial charge on any atom is -0.348 e. The van der Waals surface area contributed by atoms with Crippen molar-refractivity contribution in [2.45, 2.75) is 19.5 Å². The fraction of sp³-hybridized carbons (Fsp3) is 0.167. The van der Waals surface area contributed by atoms with Crippen LogP contribution in [0.15, 0.2) is 47.5 Å². The maximum atomic E-state index is 12.6. The standard InChI is InChI=1S/C18H14Cl2N4O4/c1-10(11-2-4-14(19)15(20)6-11)22-17(25)8-23-9-21-16-5-3-12(24(27)28)7-13(16)18(23)26/h2-7,9-10H,8H2,1H3,(H,22,25). The molecular weight excluding hydrogens is 407 g/mol. The van der Waals surface area contributed by atoms with Crippen molar-refractivity contribution >= 4 is 45.7 Å². The number of amides is 1. The zero-order valence-corrected chi connectivity index (χ0v) is 16.1. The molecule has 3 aromatic rings. The number of aromatic nitrogens is 2. The number of carbonyl (C=O) groups is 1. The Morgan fingerprint density at radius 1 is 1.25 bits per heavy atom. The number of nitro benzene ring substituents is 1. The first kappa shape index (κ1) is 19.8. The maximum Gasteiger partial charge on any atom is 0.270 e. The topological polar surface area (TPSA) is 107 Å². The highest BCUT2D eigenvalue weighted by molar-refractivity contribution is 6.42. The van der Waals surface area contributed by atoms with E-state index in [0.29, 0.717) is 15.6 Å². The van der Waals surface area contributed by atoms with Crippen molar-refractivity contribution in [1.29, 1.82) is 0 Å². The number of rotatable bonds is 5. The molecule has 0 bridgehead atoms. The van der Waals surface area contributed by atoms with Crippen molar-refractivity contribution < 1.29 is 9.72 Å². The number of benzene rings is 2. The highest BCUT2D eigenvalue weighted by Crippen LogP contribution is 2.25. The molecule has 144 valence electrons. The molecule has 1 heterocycles. The van der Waals surface area contributed by atoms with Crippen LogP contribution < -0.4 is 10.9 Å². The predicted octanol–water partition coefficient (Wildman–Crippen LogP) is 3.49. The summed E-state index contributed by atoms with van der Waals surface area (Å²) in [5, 5.41) is 14.5. The first-order chi connectivity index (χ1) is 13.3. The van der Waals surface area contributed by atoms with Crippen LogP contribution in [0.3, 0.4) is 0 Å². The summed E-state index contributed by atoms with van der Waals surface area (Å²) in [6.07, 6.45) is 1.24. The van der Waals surface area contributed by atoms with Gasteiger partial charge in [0.05, 0.1) is 38.2 Å². The Balaban J connectivity index is 1.80. The van der Waals surface area contributed by atoms with Crippen LogP contribution in [0.4, 0.5) is 5.69 Å². The number of hydrogen-bond acceptors (Lipinski definition) is 5. The second-order valence-corrected chi connectivity index (χ2v) is 6.91. The van der Waals surface area contributed by atoms with Gasteiger partial charge >= 0.3 is 0 Å². The van der Waals surface area contributed by atoms with Crippen molar-refractivity contribution in [2.24, 2.45) is 0 Å². The minimum atomic E-state index is -0.595. The summed E-state index contributed by atoms with van der Waals surface area (Å²) >= 11 is 11.9. The second kappa shape index (κ2) is 7.95. The lowest BCUT2D eigenvalue weighted by atomic mass is 10.1. The molecule has 10 heteroatoms. The first-order valence-corrected chi connectivity index (χ1v) is 8.90. The van der Waals surface area contributed by atoms with Gasteiger partial charge in [0.25, 0.3) is 11.2 Å². The molecule has 3 rings (SSSR count). The van der Waals surface area contributed by atoms with E-state index in [-0.39, 0.29) is 23.7 Å². The number of carbonyl (C=O) groups excluding carboxylic acids is 1. The molecule has 0 saturated heterocycles. The van der Waals surface area contributed by atoms with Crippen molar-refractivity contribution in [3.8, 4) is 0 Å². The van der Waals surface area contributed by atoms with Crippen LogP contribution in [0, 0.1) is 10.1 Å². The van der Waals surface area contributed by atoms with Crippen LogP contribution in [-0.2, 0) is 11.3 Å². The Morgan fingerprint density at radius 2 is 2.00 bits per heavy atom. The minimum absolute atomic E-state index is 0.0713. The molecule has 0 spiro atoms. The Morgan fingerprint density at radius 3 is 2.68 bits per heavy atom. The molecule has 1 amide bonds. The van der Waals surface area contributed by atoms with Crippen LogP contribution in [0.25, 0.3) is 10.9 Å². The molecule has 1 unspecified atom stereocenters. The molecule has 0 fully saturated rings. The number of hydrogen-bond donors (Lipinski definition) is 1. The van der Waals surface area contributed by atoms with Crippen LogP contribution in [0.1, 0.15) is 18.5 Å². The highest BCUT2D eigenvalue weighted by atomic mass is 35.5. The molecule has 1 aromatic heterocycles. The number of non-ortho nitro benzene ring substituents is 1. The number of fused-ring (bicyclic) bond motifs is 1. The van der Waals surface area contributed by atoms with Crippen molar-refractivity contribution in [3.63, 3.8) is 0 Å². The van der Waals surface area contributed by atoms with E-state index in [2.05, 4.69) is 10.3 Å². The number of halogens is 2. The molecule has 0 radical (unpaired) electrons. The normalized spacial score (nSPS) is 12.0. The third-order valence-corrected chi connectivity index (χ3v) is 4.89. The molecule has 1 atom stereocenters. The van der Waals surface area contributed by atoms with Crippen molar-refractivity contribution in [2.75, 3.05) is 0 Å². The summed E-state index contributed by atoms with van der Waals surface area (Å²) < 4.78 is 1.10. The van der Waals surface area contributed by atoms with Crippen molar-refractivity contribution in [3.05, 3.63) is 78.8 Å². The molecule has 1 N–H and O–H groups in total. The second-order valence-electron chi connectivity index (χ2n) is 6.10. The molecule has 2 aromatic carbocycles. The van der Waals surface area contributed by atoms with E-state index in [1.165, 1.54) is 18.5 Å². The van der Waals surface area contributed by atoms with Crippen LogP contribution in [-0.4, -0.2) is 20.4 Å². The summed E-state index contributed by atoms with van der Waals surface area (Å²) in [6, 6.07) is 8.47. The summed E-state index contributed by atoms with van der Waals surface area (Å²) in [4.78, 5) is 39.3. The molecule has 8 nitrogen and oxygen atoms in total. The zero-order valence-electron chi connectivity index (χ0n) is 14.6. The Bertz CT molecular complexity index is 1150. The molecule has 0 saturated carbocycles. The first-order valence-electron chi connectivity index (χ1n) is 8.14. The zero-order chi connectivity index (χ0) is 20.4. The van der Waals surface area contributed by atoms with Gasteiger partial charge in [0.15, 0.2) is 0 Å². The van der Waals surface area contributed by atoms with Gasteiger partial charge in [-0.2, -0.15) is 0 Å². The molecule has 0 aliphatic rings. The van der Waals surface area contributed by atoms with E-state index in [1.807, 2.05) is 0 Å². The lowest BCUT2D eigenvalue weighted by molar-refractivity contribution is -0.384. The van der Waals surface area contributed by atoms with Gasteiger partial charge in [-0.05, 0) is 30.7 Å². The van der Waals surface area contributed by atoms with E-state index >= 15 is 0 Å². The largest absolute Gasteiger partial charge is 0.348 e. The monoisotopic (exact) mass is 420 g/mol. The molecule has 0 aliphatic carbocycles. The Kier molecular flexibility index (Phi) is 5.62. The summed E-state index contributed by atoms with van der Waals surface area (Å²) in [7, 11) is 0. The summed E-state index contributed by atoms with van der Waals surface area (Å²) in [5.41, 5.74) is 0.312. The van der Waals surface area contributed by atoms with E-state index < -0.39 is 16.4 Å². The Hall–Kier alpha value is -2.97. The van der Waals surface area contributed by atoms with Crippen LogP contribution >= 0.6 is 23.2 Å². The lowest BCUT2D eigenvalue weighted by Crippen LogP contribution is -2.34. The lowest BCUT2D eigenvalue weighted by Gasteiger charge is -2.15. The Labute approximate surface area is 168 Å².